The van der Waals surface area contributed by atoms with E-state index in [1.807, 2.05) is 48.5 Å². The summed E-state index contributed by atoms with van der Waals surface area (Å²) in [5, 5.41) is 0. The van der Waals surface area contributed by atoms with Gasteiger partial charge < -0.3 is 9.72 Å². The van der Waals surface area contributed by atoms with Crippen LogP contribution in [0.3, 0.4) is 0 Å². The summed E-state index contributed by atoms with van der Waals surface area (Å²) in [6.45, 7) is 0. The van der Waals surface area contributed by atoms with Gasteiger partial charge in [-0.2, -0.15) is 0 Å². The van der Waals surface area contributed by atoms with Crippen molar-refractivity contribution in [1.29, 1.82) is 0 Å². The lowest BCUT2D eigenvalue weighted by Gasteiger charge is -1.99. The zero-order chi connectivity index (χ0) is 14.7. The molecule has 0 spiro atoms. The maximum atomic E-state index is 12.1. The van der Waals surface area contributed by atoms with Crippen LogP contribution in [0.5, 0.6) is 5.75 Å². The average molecular weight is 278 g/mol. The van der Waals surface area contributed by atoms with E-state index in [0.717, 1.165) is 22.3 Å². The van der Waals surface area contributed by atoms with Gasteiger partial charge in [0.1, 0.15) is 5.75 Å². The van der Waals surface area contributed by atoms with Crippen LogP contribution in [0.15, 0.2) is 54.6 Å². The standard InChI is InChI=1S/C17H14N2O2/c1-21-13-6-4-5-12(11-13)9-10-16(20)17-18-14-7-2-3-8-15(14)19-17/h2-11H,1H3,(H,18,19)/b10-9+. The maximum Gasteiger partial charge on any atom is 0.221 e. The number of para-hydroxylation sites is 2. The number of carbonyl (C=O) groups is 1. The molecule has 1 heterocycles. The molecule has 21 heavy (non-hydrogen) atoms. The Morgan fingerprint density at radius 3 is 2.86 bits per heavy atom. The van der Waals surface area contributed by atoms with Crippen molar-refractivity contribution in [2.75, 3.05) is 7.11 Å². The van der Waals surface area contributed by atoms with Crippen LogP contribution in [-0.2, 0) is 0 Å². The number of hydrogen-bond acceptors (Lipinski definition) is 3. The molecule has 0 fully saturated rings. The molecule has 0 unspecified atom stereocenters. The Hall–Kier alpha value is -2.88. The van der Waals surface area contributed by atoms with Crippen LogP contribution in [0, 0.1) is 0 Å². The largest absolute Gasteiger partial charge is 0.497 e. The molecule has 0 saturated heterocycles. The molecule has 1 aromatic heterocycles. The number of H-pyrrole nitrogens is 1. The predicted octanol–water partition coefficient (Wildman–Crippen LogP) is 3.47. The number of imidazole rings is 1. The van der Waals surface area contributed by atoms with E-state index in [1.54, 1.807) is 13.2 Å². The highest BCUT2D eigenvalue weighted by molar-refractivity contribution is 6.05. The third kappa shape index (κ3) is 2.84. The Kier molecular flexibility index (Phi) is 3.51. The molecule has 104 valence electrons. The Balaban J connectivity index is 1.83. The number of fused-ring (bicyclic) bond motifs is 1. The number of rotatable bonds is 4. The topological polar surface area (TPSA) is 55.0 Å². The summed E-state index contributed by atoms with van der Waals surface area (Å²) in [5.41, 5.74) is 2.55. The number of nitrogens with one attached hydrogen (secondary N) is 1. The highest BCUT2D eigenvalue weighted by Crippen LogP contribution is 2.15. The molecule has 0 aliphatic heterocycles. The van der Waals surface area contributed by atoms with Crippen molar-refractivity contribution < 1.29 is 9.53 Å². The lowest BCUT2D eigenvalue weighted by molar-refractivity contribution is 0.103. The summed E-state index contributed by atoms with van der Waals surface area (Å²) in [4.78, 5) is 19.4. The highest BCUT2D eigenvalue weighted by atomic mass is 16.5. The van der Waals surface area contributed by atoms with Gasteiger partial charge in [0, 0.05) is 0 Å². The van der Waals surface area contributed by atoms with Crippen molar-refractivity contribution in [2.45, 2.75) is 0 Å². The average Bonchev–Trinajstić information content (AvgIpc) is 2.97. The number of hydrogen-bond donors (Lipinski definition) is 1. The fourth-order valence-corrected chi connectivity index (χ4v) is 2.07. The van der Waals surface area contributed by atoms with Gasteiger partial charge >= 0.3 is 0 Å². The van der Waals surface area contributed by atoms with E-state index in [-0.39, 0.29) is 5.78 Å². The Morgan fingerprint density at radius 2 is 2.05 bits per heavy atom. The molecule has 4 heteroatoms. The number of ether oxygens (including phenoxy) is 1. The number of ketones is 1. The second-order valence-corrected chi connectivity index (χ2v) is 4.58. The number of nitrogens with zero attached hydrogens (tertiary/aromatic N) is 1. The molecule has 0 aliphatic rings. The third-order valence-electron chi connectivity index (χ3n) is 3.14. The van der Waals surface area contributed by atoms with E-state index in [0.29, 0.717) is 5.82 Å². The van der Waals surface area contributed by atoms with Crippen LogP contribution in [0.2, 0.25) is 0 Å². The predicted molar refractivity (Wildman–Crippen MR) is 82.5 cm³/mol. The van der Waals surface area contributed by atoms with Gasteiger partial charge in [-0.05, 0) is 35.9 Å². The lowest BCUT2D eigenvalue weighted by atomic mass is 10.2. The SMILES string of the molecule is COc1cccc(/C=C/C(=O)c2nc3ccccc3[nH]2)c1. The van der Waals surface area contributed by atoms with Crippen molar-refractivity contribution in [2.24, 2.45) is 0 Å². The molecule has 0 amide bonds. The molecule has 4 nitrogen and oxygen atoms in total. The van der Waals surface area contributed by atoms with Gasteiger partial charge in [0.05, 0.1) is 18.1 Å². The molecular formula is C17H14N2O2. The fraction of sp³-hybridized carbons (Fsp3) is 0.0588. The Bertz CT molecular complexity index is 785. The van der Waals surface area contributed by atoms with Gasteiger partial charge in [0.25, 0.3) is 0 Å². The minimum Gasteiger partial charge on any atom is -0.497 e. The van der Waals surface area contributed by atoms with Crippen LogP contribution >= 0.6 is 0 Å². The zero-order valence-electron chi connectivity index (χ0n) is 11.5. The molecule has 0 aliphatic carbocycles. The smallest absolute Gasteiger partial charge is 0.221 e. The maximum absolute atomic E-state index is 12.1. The number of aromatic amines is 1. The Labute approximate surface area is 122 Å². The molecule has 0 radical (unpaired) electrons. The summed E-state index contributed by atoms with van der Waals surface area (Å²) >= 11 is 0. The minimum absolute atomic E-state index is 0.158. The summed E-state index contributed by atoms with van der Waals surface area (Å²) in [5.74, 6) is 0.942. The second kappa shape index (κ2) is 5.63. The van der Waals surface area contributed by atoms with E-state index >= 15 is 0 Å². The molecule has 1 N–H and O–H groups in total. The normalized spacial score (nSPS) is 11.1. The van der Waals surface area contributed by atoms with Crippen LogP contribution in [0.25, 0.3) is 17.1 Å². The van der Waals surface area contributed by atoms with Gasteiger partial charge in [0.2, 0.25) is 5.78 Å². The number of allylic oxidation sites excluding steroid dienone is 1. The number of carbonyl (C=O) groups excluding carboxylic acids is 1. The van der Waals surface area contributed by atoms with Gasteiger partial charge in [-0.1, -0.05) is 30.3 Å². The summed E-state index contributed by atoms with van der Waals surface area (Å²) in [6, 6.07) is 15.1. The van der Waals surface area contributed by atoms with Crippen molar-refractivity contribution in [3.8, 4) is 5.75 Å². The molecule has 3 aromatic rings. The van der Waals surface area contributed by atoms with Gasteiger partial charge in [0.15, 0.2) is 5.82 Å². The first kappa shape index (κ1) is 13.1. The van der Waals surface area contributed by atoms with Gasteiger partial charge in [-0.3, -0.25) is 4.79 Å². The summed E-state index contributed by atoms with van der Waals surface area (Å²) in [7, 11) is 1.61. The second-order valence-electron chi connectivity index (χ2n) is 4.58. The molecule has 3 rings (SSSR count). The lowest BCUT2D eigenvalue weighted by Crippen LogP contribution is -1.96. The summed E-state index contributed by atoms with van der Waals surface area (Å²) in [6.07, 6.45) is 3.25. The molecule has 0 saturated carbocycles. The number of aromatic nitrogens is 2. The van der Waals surface area contributed by atoms with Crippen molar-refractivity contribution in [1.82, 2.24) is 9.97 Å². The van der Waals surface area contributed by atoms with Crippen molar-refractivity contribution in [3.63, 3.8) is 0 Å². The van der Waals surface area contributed by atoms with Crippen LogP contribution in [-0.4, -0.2) is 22.9 Å². The number of benzene rings is 2. The molecular weight excluding hydrogens is 264 g/mol. The van der Waals surface area contributed by atoms with Crippen LogP contribution in [0.4, 0.5) is 0 Å². The monoisotopic (exact) mass is 278 g/mol. The quantitative estimate of drug-likeness (QED) is 0.587. The van der Waals surface area contributed by atoms with Gasteiger partial charge in [-0.15, -0.1) is 0 Å². The Morgan fingerprint density at radius 1 is 1.19 bits per heavy atom. The van der Waals surface area contributed by atoms with E-state index in [9.17, 15) is 4.79 Å². The highest BCUT2D eigenvalue weighted by Gasteiger charge is 2.07. The molecule has 2 aromatic carbocycles. The zero-order valence-corrected chi connectivity index (χ0v) is 11.5. The third-order valence-corrected chi connectivity index (χ3v) is 3.14. The first-order valence-electron chi connectivity index (χ1n) is 6.57. The van der Waals surface area contributed by atoms with Crippen molar-refractivity contribution >= 4 is 22.9 Å². The first-order chi connectivity index (χ1) is 10.3. The van der Waals surface area contributed by atoms with E-state index < -0.39 is 0 Å². The fourth-order valence-electron chi connectivity index (χ4n) is 2.07. The van der Waals surface area contributed by atoms with E-state index in [2.05, 4.69) is 9.97 Å². The molecule has 0 atom stereocenters. The van der Waals surface area contributed by atoms with Gasteiger partial charge in [-0.25, -0.2) is 4.98 Å². The van der Waals surface area contributed by atoms with Crippen molar-refractivity contribution in [3.05, 3.63) is 66.0 Å². The van der Waals surface area contributed by atoms with Crippen LogP contribution in [0.1, 0.15) is 16.2 Å². The molecule has 0 bridgehead atoms. The number of methoxy groups -OCH3 is 1. The van der Waals surface area contributed by atoms with E-state index in [4.69, 9.17) is 4.74 Å². The van der Waals surface area contributed by atoms with Crippen LogP contribution < -0.4 is 4.74 Å². The first-order valence-corrected chi connectivity index (χ1v) is 6.57. The van der Waals surface area contributed by atoms with E-state index in [1.165, 1.54) is 6.08 Å². The summed E-state index contributed by atoms with van der Waals surface area (Å²) < 4.78 is 5.15. The minimum atomic E-state index is -0.158.